The minimum atomic E-state index is -3.57. The molecule has 2 heterocycles. The minimum Gasteiger partial charge on any atom is -0.381 e. The Balaban J connectivity index is 1.36. The molecule has 0 radical (unpaired) electrons. The van der Waals surface area contributed by atoms with Gasteiger partial charge in [0.05, 0.1) is 4.90 Å². The van der Waals surface area contributed by atoms with Gasteiger partial charge in [-0.05, 0) is 55.5 Å². The van der Waals surface area contributed by atoms with Gasteiger partial charge in [0, 0.05) is 49.2 Å². The van der Waals surface area contributed by atoms with Gasteiger partial charge in [0.1, 0.15) is 0 Å². The van der Waals surface area contributed by atoms with E-state index in [-0.39, 0.29) is 22.1 Å². The van der Waals surface area contributed by atoms with Crippen molar-refractivity contribution in [3.05, 3.63) is 65.2 Å². The number of nitrogens with zero attached hydrogens (tertiary/aromatic N) is 1. The molecule has 8 heteroatoms. The van der Waals surface area contributed by atoms with E-state index in [0.29, 0.717) is 50.7 Å². The maximum absolute atomic E-state index is 13.0. The third-order valence-electron chi connectivity index (χ3n) is 6.71. The van der Waals surface area contributed by atoms with Crippen LogP contribution < -0.4 is 5.32 Å². The molecule has 0 aliphatic carbocycles. The number of sulfonamides is 1. The number of halogens is 1. The molecule has 2 aromatic rings. The highest BCUT2D eigenvalue weighted by molar-refractivity contribution is 7.89. The van der Waals surface area contributed by atoms with E-state index in [1.54, 1.807) is 12.1 Å². The molecular formula is C24H29ClN2O4S. The number of hydrogen-bond acceptors (Lipinski definition) is 4. The van der Waals surface area contributed by atoms with Crippen molar-refractivity contribution in [2.75, 3.05) is 32.8 Å². The number of carbonyl (C=O) groups is 1. The van der Waals surface area contributed by atoms with Crippen molar-refractivity contribution >= 4 is 27.5 Å². The zero-order valence-corrected chi connectivity index (χ0v) is 19.6. The summed E-state index contributed by atoms with van der Waals surface area (Å²) in [7, 11) is -3.57. The number of carbonyl (C=O) groups excluding carboxylic acids is 1. The van der Waals surface area contributed by atoms with Gasteiger partial charge in [-0.2, -0.15) is 4.31 Å². The van der Waals surface area contributed by atoms with Crippen LogP contribution in [0, 0.1) is 5.92 Å². The molecule has 1 N–H and O–H groups in total. The summed E-state index contributed by atoms with van der Waals surface area (Å²) in [5.74, 6) is -0.172. The van der Waals surface area contributed by atoms with Crippen molar-refractivity contribution < 1.29 is 17.9 Å². The lowest BCUT2D eigenvalue weighted by Gasteiger charge is -2.38. The van der Waals surface area contributed by atoms with E-state index >= 15 is 0 Å². The lowest BCUT2D eigenvalue weighted by Crippen LogP contribution is -2.48. The van der Waals surface area contributed by atoms with Crippen molar-refractivity contribution in [3.8, 4) is 0 Å². The van der Waals surface area contributed by atoms with E-state index in [9.17, 15) is 13.2 Å². The fraction of sp³-hybridized carbons (Fsp3) is 0.458. The summed E-state index contributed by atoms with van der Waals surface area (Å²) >= 11 is 5.88. The average molecular weight is 477 g/mol. The molecule has 6 nitrogen and oxygen atoms in total. The topological polar surface area (TPSA) is 75.7 Å². The first kappa shape index (κ1) is 23.2. The third kappa shape index (κ3) is 5.01. The molecule has 1 amide bonds. The molecule has 2 aliphatic rings. The van der Waals surface area contributed by atoms with Gasteiger partial charge in [0.25, 0.3) is 0 Å². The summed E-state index contributed by atoms with van der Waals surface area (Å²) in [4.78, 5) is 13.2. The van der Waals surface area contributed by atoms with Crippen molar-refractivity contribution in [3.63, 3.8) is 0 Å². The van der Waals surface area contributed by atoms with Gasteiger partial charge in [0.2, 0.25) is 15.9 Å². The highest BCUT2D eigenvalue weighted by Crippen LogP contribution is 2.34. The molecule has 0 aromatic heterocycles. The Kier molecular flexibility index (Phi) is 7.20. The van der Waals surface area contributed by atoms with E-state index in [1.165, 1.54) is 22.0 Å². The van der Waals surface area contributed by atoms with Gasteiger partial charge >= 0.3 is 0 Å². The molecule has 2 aromatic carbocycles. The van der Waals surface area contributed by atoms with E-state index in [2.05, 4.69) is 17.4 Å². The summed E-state index contributed by atoms with van der Waals surface area (Å²) in [5.41, 5.74) is 1.11. The van der Waals surface area contributed by atoms with Gasteiger partial charge in [-0.15, -0.1) is 0 Å². The summed E-state index contributed by atoms with van der Waals surface area (Å²) in [6.45, 7) is 2.61. The predicted molar refractivity (Wildman–Crippen MR) is 124 cm³/mol. The van der Waals surface area contributed by atoms with Crippen LogP contribution in [0.25, 0.3) is 0 Å². The maximum atomic E-state index is 13.0. The Morgan fingerprint density at radius 1 is 1.03 bits per heavy atom. The molecule has 0 unspecified atom stereocenters. The first-order valence-electron chi connectivity index (χ1n) is 11.1. The molecule has 4 rings (SSSR count). The second-order valence-electron chi connectivity index (χ2n) is 8.61. The van der Waals surface area contributed by atoms with Crippen LogP contribution in [-0.4, -0.2) is 51.5 Å². The van der Waals surface area contributed by atoms with Crippen molar-refractivity contribution in [1.82, 2.24) is 9.62 Å². The lowest BCUT2D eigenvalue weighted by molar-refractivity contribution is -0.126. The summed E-state index contributed by atoms with van der Waals surface area (Å²) < 4.78 is 32.8. The number of amides is 1. The molecule has 2 fully saturated rings. The molecule has 2 aliphatic heterocycles. The van der Waals surface area contributed by atoms with Crippen molar-refractivity contribution in [1.29, 1.82) is 0 Å². The highest BCUT2D eigenvalue weighted by Gasteiger charge is 2.36. The van der Waals surface area contributed by atoms with Gasteiger partial charge in [-0.1, -0.05) is 41.9 Å². The molecule has 172 valence electrons. The fourth-order valence-corrected chi connectivity index (χ4v) is 6.23. The van der Waals surface area contributed by atoms with Crippen LogP contribution in [0.1, 0.15) is 31.2 Å². The summed E-state index contributed by atoms with van der Waals surface area (Å²) in [5, 5.41) is 3.67. The van der Waals surface area contributed by atoms with Gasteiger partial charge in [-0.3, -0.25) is 4.79 Å². The predicted octanol–water partition coefficient (Wildman–Crippen LogP) is 3.61. The van der Waals surface area contributed by atoms with E-state index in [1.807, 2.05) is 18.2 Å². The zero-order chi connectivity index (χ0) is 22.6. The van der Waals surface area contributed by atoms with Gasteiger partial charge < -0.3 is 10.1 Å². The second-order valence-corrected chi connectivity index (χ2v) is 11.0. The summed E-state index contributed by atoms with van der Waals surface area (Å²) in [6.07, 6.45) is 2.77. The molecule has 32 heavy (non-hydrogen) atoms. The number of ether oxygens (including phenoxy) is 1. The Morgan fingerprint density at radius 2 is 1.66 bits per heavy atom. The summed E-state index contributed by atoms with van der Waals surface area (Å²) in [6, 6.07) is 16.5. The fourth-order valence-electron chi connectivity index (χ4n) is 4.64. The third-order valence-corrected chi connectivity index (χ3v) is 8.88. The largest absolute Gasteiger partial charge is 0.381 e. The van der Waals surface area contributed by atoms with E-state index in [4.69, 9.17) is 16.3 Å². The van der Waals surface area contributed by atoms with E-state index in [0.717, 1.165) is 12.8 Å². The lowest BCUT2D eigenvalue weighted by atomic mass is 9.74. The van der Waals surface area contributed by atoms with Crippen LogP contribution >= 0.6 is 11.6 Å². The van der Waals surface area contributed by atoms with Crippen LogP contribution in [0.3, 0.4) is 0 Å². The zero-order valence-electron chi connectivity index (χ0n) is 18.0. The van der Waals surface area contributed by atoms with Gasteiger partial charge in [0.15, 0.2) is 0 Å². The second kappa shape index (κ2) is 9.91. The maximum Gasteiger partial charge on any atom is 0.243 e. The average Bonchev–Trinajstić information content (AvgIpc) is 2.84. The smallest absolute Gasteiger partial charge is 0.243 e. The first-order chi connectivity index (χ1) is 15.4. The van der Waals surface area contributed by atoms with Gasteiger partial charge in [-0.25, -0.2) is 8.42 Å². The van der Waals surface area contributed by atoms with E-state index < -0.39 is 10.0 Å². The normalized spacial score (nSPS) is 20.0. The van der Waals surface area contributed by atoms with Crippen LogP contribution in [-0.2, 0) is 25.0 Å². The molecule has 0 spiro atoms. The van der Waals surface area contributed by atoms with Crippen molar-refractivity contribution in [2.45, 2.75) is 36.0 Å². The van der Waals surface area contributed by atoms with Crippen LogP contribution in [0.5, 0.6) is 0 Å². The molecule has 0 bridgehead atoms. The molecular weight excluding hydrogens is 448 g/mol. The Bertz CT molecular complexity index is 1010. The number of benzene rings is 2. The minimum absolute atomic E-state index is 0.00957. The highest BCUT2D eigenvalue weighted by atomic mass is 35.5. The Hall–Kier alpha value is -1.93. The molecule has 0 saturated carbocycles. The molecule has 0 atom stereocenters. The standard InChI is InChI=1S/C24H29ClN2O4S/c25-21-6-8-22(9-7-21)32(29,30)27-14-10-19(11-15-27)23(28)26-18-24(12-16-31-17-13-24)20-4-2-1-3-5-20/h1-9,19H,10-18H2,(H,26,28). The van der Waals surface area contributed by atoms with Crippen molar-refractivity contribution in [2.24, 2.45) is 5.92 Å². The van der Waals surface area contributed by atoms with Crippen LogP contribution in [0.2, 0.25) is 5.02 Å². The monoisotopic (exact) mass is 476 g/mol. The molecule has 2 saturated heterocycles. The van der Waals surface area contributed by atoms with Crippen LogP contribution in [0.4, 0.5) is 0 Å². The number of rotatable bonds is 6. The number of hydrogen-bond donors (Lipinski definition) is 1. The van der Waals surface area contributed by atoms with Crippen LogP contribution in [0.15, 0.2) is 59.5 Å². The number of piperidine rings is 1. The Labute approximate surface area is 195 Å². The number of nitrogens with one attached hydrogen (secondary N) is 1. The Morgan fingerprint density at radius 3 is 2.28 bits per heavy atom. The first-order valence-corrected chi connectivity index (χ1v) is 12.9. The SMILES string of the molecule is O=C(NCC1(c2ccccc2)CCOCC1)C1CCN(S(=O)(=O)c2ccc(Cl)cc2)CC1. The quantitative estimate of drug-likeness (QED) is 0.691.